The molecule has 0 aliphatic heterocycles. The highest BCUT2D eigenvalue weighted by molar-refractivity contribution is 6.36. The van der Waals surface area contributed by atoms with Crippen molar-refractivity contribution in [3.63, 3.8) is 0 Å². The molecule has 0 aliphatic carbocycles. The molecule has 0 fully saturated rings. The molecule has 0 saturated carbocycles. The highest BCUT2D eigenvalue weighted by Gasteiger charge is 2.23. The van der Waals surface area contributed by atoms with Crippen molar-refractivity contribution in [2.45, 2.75) is 31.5 Å². The summed E-state index contributed by atoms with van der Waals surface area (Å²) in [4.78, 5) is 4.48. The number of halogens is 2. The molecule has 5 rings (SSSR count). The van der Waals surface area contributed by atoms with E-state index >= 15 is 0 Å². The van der Waals surface area contributed by atoms with E-state index in [0.717, 1.165) is 11.1 Å². The number of nitrogens with one attached hydrogen (secondary N) is 2. The van der Waals surface area contributed by atoms with Gasteiger partial charge in [-0.15, -0.1) is 5.10 Å². The monoisotopic (exact) mass is 591 g/mol. The lowest BCUT2D eigenvalue weighted by atomic mass is 10.00. The minimum Gasteiger partial charge on any atom is -0.377 e. The van der Waals surface area contributed by atoms with Gasteiger partial charge in [0.15, 0.2) is 0 Å². The molecule has 0 radical (unpaired) electrons. The first-order valence-electron chi connectivity index (χ1n) is 13.0. The van der Waals surface area contributed by atoms with Crippen LogP contribution in [0.2, 0.25) is 10.0 Å². The SMILES string of the molecule is N#CCC[C@@H](Nc1c(C#N)cnc2c(Cl)cc(N[C@H](c3cn(CC#N)nn3)c3ccccc3Cl)cc12)c1ccccc1. The van der Waals surface area contributed by atoms with Crippen LogP contribution >= 0.6 is 23.2 Å². The van der Waals surface area contributed by atoms with Gasteiger partial charge in [-0.2, -0.15) is 15.8 Å². The zero-order chi connectivity index (χ0) is 29.5. The predicted octanol–water partition coefficient (Wildman–Crippen LogP) is 7.19. The molecule has 2 aromatic heterocycles. The average molecular weight is 592 g/mol. The summed E-state index contributed by atoms with van der Waals surface area (Å²) < 4.78 is 1.45. The Morgan fingerprint density at radius 3 is 2.43 bits per heavy atom. The second-order valence-electron chi connectivity index (χ2n) is 9.42. The van der Waals surface area contributed by atoms with Crippen LogP contribution in [-0.2, 0) is 6.54 Å². The number of aromatic nitrogens is 4. The molecule has 9 nitrogen and oxygen atoms in total. The maximum absolute atomic E-state index is 10.0. The number of hydrogen-bond donors (Lipinski definition) is 2. The molecule has 2 N–H and O–H groups in total. The highest BCUT2D eigenvalue weighted by atomic mass is 35.5. The Morgan fingerprint density at radius 1 is 0.905 bits per heavy atom. The minimum absolute atomic E-state index is 0.0516. The van der Waals surface area contributed by atoms with Gasteiger partial charge in [-0.05, 0) is 35.7 Å². The largest absolute Gasteiger partial charge is 0.377 e. The Kier molecular flexibility index (Phi) is 8.80. The number of hydrogen-bond acceptors (Lipinski definition) is 8. The van der Waals surface area contributed by atoms with E-state index in [-0.39, 0.29) is 12.6 Å². The van der Waals surface area contributed by atoms with Gasteiger partial charge >= 0.3 is 0 Å². The van der Waals surface area contributed by atoms with E-state index in [2.05, 4.69) is 44.1 Å². The van der Waals surface area contributed by atoms with Gasteiger partial charge in [0.1, 0.15) is 18.3 Å². The molecule has 2 heterocycles. The number of pyridine rings is 1. The molecular weight excluding hydrogens is 569 g/mol. The summed E-state index contributed by atoms with van der Waals surface area (Å²) in [5.74, 6) is 0. The number of anilines is 2. The van der Waals surface area contributed by atoms with Crippen molar-refractivity contribution in [2.24, 2.45) is 0 Å². The van der Waals surface area contributed by atoms with E-state index in [4.69, 9.17) is 28.5 Å². The third-order valence-corrected chi connectivity index (χ3v) is 7.36. The number of rotatable bonds is 10. The lowest BCUT2D eigenvalue weighted by Gasteiger charge is -2.23. The Hall–Kier alpha value is -5.14. The topological polar surface area (TPSA) is 139 Å². The number of nitrogens with zero attached hydrogens (tertiary/aromatic N) is 7. The minimum atomic E-state index is -0.532. The molecule has 206 valence electrons. The summed E-state index contributed by atoms with van der Waals surface area (Å²) in [6.45, 7) is 0.0516. The molecule has 42 heavy (non-hydrogen) atoms. The van der Waals surface area contributed by atoms with Crippen molar-refractivity contribution >= 4 is 45.5 Å². The first kappa shape index (κ1) is 28.4. The Labute approximate surface area is 252 Å². The zero-order valence-electron chi connectivity index (χ0n) is 22.2. The van der Waals surface area contributed by atoms with E-state index in [1.807, 2.05) is 54.6 Å². The van der Waals surface area contributed by atoms with E-state index in [1.165, 1.54) is 10.9 Å². The van der Waals surface area contributed by atoms with Gasteiger partial charge in [0.25, 0.3) is 0 Å². The molecule has 0 unspecified atom stereocenters. The van der Waals surface area contributed by atoms with Crippen molar-refractivity contribution in [2.75, 3.05) is 10.6 Å². The Balaban J connectivity index is 1.61. The zero-order valence-corrected chi connectivity index (χ0v) is 23.7. The second kappa shape index (κ2) is 13.0. The molecule has 0 aliphatic rings. The van der Waals surface area contributed by atoms with Crippen molar-refractivity contribution in [3.8, 4) is 18.2 Å². The van der Waals surface area contributed by atoms with Gasteiger partial charge in [-0.25, -0.2) is 4.68 Å². The van der Waals surface area contributed by atoms with Crippen LogP contribution in [0.4, 0.5) is 11.4 Å². The van der Waals surface area contributed by atoms with Crippen molar-refractivity contribution < 1.29 is 0 Å². The Morgan fingerprint density at radius 2 is 1.69 bits per heavy atom. The predicted molar refractivity (Wildman–Crippen MR) is 162 cm³/mol. The molecule has 2 atom stereocenters. The van der Waals surface area contributed by atoms with Gasteiger partial charge in [-0.1, -0.05) is 76.9 Å². The standard InChI is InChI=1S/C31H23Cl2N9/c32-25-10-5-4-9-23(25)31(28-19-42(14-13-35)41-40-28)38-22-15-24-29(21(17-36)18-37-30(24)26(33)16-22)39-27(11-6-12-34)20-7-2-1-3-8-20/h1-5,7-10,15-16,18-19,27,31,38H,6,11,14H2,(H,37,39)/t27-,31+/m1/s1. The third kappa shape index (κ3) is 6.11. The maximum Gasteiger partial charge on any atom is 0.129 e. The quantitative estimate of drug-likeness (QED) is 0.174. The summed E-state index contributed by atoms with van der Waals surface area (Å²) in [6.07, 6.45) is 4.05. The highest BCUT2D eigenvalue weighted by Crippen LogP contribution is 2.38. The smallest absolute Gasteiger partial charge is 0.129 e. The molecule has 11 heteroatoms. The molecule has 0 bridgehead atoms. The van der Waals surface area contributed by atoms with Crippen molar-refractivity contribution in [1.82, 2.24) is 20.0 Å². The fourth-order valence-electron chi connectivity index (χ4n) is 4.76. The summed E-state index contributed by atoms with van der Waals surface area (Å²) in [5.41, 5.74) is 4.34. The molecular formula is C31H23Cl2N9. The fourth-order valence-corrected chi connectivity index (χ4v) is 5.27. The molecule has 0 spiro atoms. The van der Waals surface area contributed by atoms with Crippen molar-refractivity contribution in [1.29, 1.82) is 15.8 Å². The maximum atomic E-state index is 10.0. The van der Waals surface area contributed by atoms with Crippen LogP contribution in [0.15, 0.2) is 79.1 Å². The lowest BCUT2D eigenvalue weighted by molar-refractivity contribution is 0.667. The van der Waals surface area contributed by atoms with Crippen LogP contribution in [0.5, 0.6) is 0 Å². The molecule has 0 amide bonds. The van der Waals surface area contributed by atoms with Gasteiger partial charge < -0.3 is 10.6 Å². The van der Waals surface area contributed by atoms with E-state index in [1.54, 1.807) is 18.3 Å². The van der Waals surface area contributed by atoms with E-state index in [9.17, 15) is 10.5 Å². The van der Waals surface area contributed by atoms with Gasteiger partial charge in [-0.3, -0.25) is 4.98 Å². The first-order valence-corrected chi connectivity index (χ1v) is 13.8. The van der Waals surface area contributed by atoms with E-state index < -0.39 is 6.04 Å². The fraction of sp³-hybridized carbons (Fsp3) is 0.161. The molecule has 3 aromatic carbocycles. The summed E-state index contributed by atoms with van der Waals surface area (Å²) >= 11 is 13.4. The summed E-state index contributed by atoms with van der Waals surface area (Å²) in [5, 5.41) is 45.3. The molecule has 0 saturated heterocycles. The van der Waals surface area contributed by atoms with Crippen molar-refractivity contribution in [3.05, 3.63) is 112 Å². The van der Waals surface area contributed by atoms with Crippen LogP contribution < -0.4 is 10.6 Å². The number of benzene rings is 3. The number of nitriles is 3. The van der Waals surface area contributed by atoms with Crippen LogP contribution in [0.3, 0.4) is 0 Å². The third-order valence-electron chi connectivity index (χ3n) is 6.72. The van der Waals surface area contributed by atoms with Crippen LogP contribution in [-0.4, -0.2) is 20.0 Å². The number of fused-ring (bicyclic) bond motifs is 1. The summed E-state index contributed by atoms with van der Waals surface area (Å²) in [6, 6.07) is 26.5. The normalized spacial score (nSPS) is 12.1. The average Bonchev–Trinajstić information content (AvgIpc) is 3.47. The second-order valence-corrected chi connectivity index (χ2v) is 10.2. The first-order chi connectivity index (χ1) is 20.5. The van der Waals surface area contributed by atoms with Gasteiger partial charge in [0.05, 0.1) is 52.2 Å². The summed E-state index contributed by atoms with van der Waals surface area (Å²) in [7, 11) is 0. The van der Waals surface area contributed by atoms with Gasteiger partial charge in [0, 0.05) is 28.7 Å². The van der Waals surface area contributed by atoms with Crippen LogP contribution in [0.25, 0.3) is 10.9 Å². The lowest BCUT2D eigenvalue weighted by Crippen LogP contribution is -2.14. The van der Waals surface area contributed by atoms with Crippen LogP contribution in [0.1, 0.15) is 47.3 Å². The van der Waals surface area contributed by atoms with E-state index in [0.29, 0.717) is 56.4 Å². The van der Waals surface area contributed by atoms with Gasteiger partial charge in [0.2, 0.25) is 0 Å². The molecule has 5 aromatic rings. The van der Waals surface area contributed by atoms with Crippen LogP contribution in [0, 0.1) is 34.0 Å². The Bertz CT molecular complexity index is 1850.